The highest BCUT2D eigenvalue weighted by Gasteiger charge is 2.29. The van der Waals surface area contributed by atoms with E-state index in [9.17, 15) is 18.0 Å². The minimum atomic E-state index is -3.65. The lowest BCUT2D eigenvalue weighted by molar-refractivity contribution is -0.141. The molecule has 2 aromatic rings. The molecule has 198 valence electrons. The van der Waals surface area contributed by atoms with E-state index >= 15 is 0 Å². The average Bonchev–Trinajstić information content (AvgIpc) is 2.86. The van der Waals surface area contributed by atoms with E-state index in [1.807, 2.05) is 13.8 Å². The molecule has 0 unspecified atom stereocenters. The third-order valence-corrected chi connectivity index (χ3v) is 8.50. The Kier molecular flexibility index (Phi) is 12.2. The quantitative estimate of drug-likeness (QED) is 0.328. The van der Waals surface area contributed by atoms with Gasteiger partial charge in [-0.05, 0) is 43.5 Å². The van der Waals surface area contributed by atoms with Gasteiger partial charge in [-0.15, -0.1) is 0 Å². The second kappa shape index (κ2) is 14.6. The van der Waals surface area contributed by atoms with Crippen molar-refractivity contribution in [3.63, 3.8) is 0 Å². The third-order valence-electron chi connectivity index (χ3n) is 5.92. The number of carbonyl (C=O) groups excluding carboxylic acids is 2. The van der Waals surface area contributed by atoms with Crippen molar-refractivity contribution in [2.24, 2.45) is 0 Å². The van der Waals surface area contributed by atoms with E-state index in [2.05, 4.69) is 5.32 Å². The Morgan fingerprint density at radius 2 is 1.61 bits per heavy atom. The number of sulfonamides is 1. The summed E-state index contributed by atoms with van der Waals surface area (Å²) in [5.41, 5.74) is 0.567. The second-order valence-corrected chi connectivity index (χ2v) is 11.4. The maximum atomic E-state index is 13.4. The first kappa shape index (κ1) is 30.1. The minimum Gasteiger partial charge on any atom is -0.354 e. The van der Waals surface area contributed by atoms with Gasteiger partial charge in [0.1, 0.15) is 6.04 Å². The zero-order valence-electron chi connectivity index (χ0n) is 21.0. The highest BCUT2D eigenvalue weighted by Crippen LogP contribution is 2.27. The number of benzene rings is 2. The molecular formula is C26H35Cl2N3O4S. The highest BCUT2D eigenvalue weighted by molar-refractivity contribution is 7.89. The molecule has 0 radical (unpaired) electrons. The molecule has 0 saturated carbocycles. The summed E-state index contributed by atoms with van der Waals surface area (Å²) in [6.07, 6.45) is 2.55. The van der Waals surface area contributed by atoms with Crippen LogP contribution in [0.3, 0.4) is 0 Å². The van der Waals surface area contributed by atoms with Crippen molar-refractivity contribution in [1.82, 2.24) is 14.5 Å². The molecule has 0 bridgehead atoms. The molecular weight excluding hydrogens is 521 g/mol. The zero-order valence-corrected chi connectivity index (χ0v) is 23.4. The monoisotopic (exact) mass is 555 g/mol. The molecule has 36 heavy (non-hydrogen) atoms. The Bertz CT molecular complexity index is 1090. The third kappa shape index (κ3) is 8.20. The summed E-state index contributed by atoms with van der Waals surface area (Å²) >= 11 is 12.7. The minimum absolute atomic E-state index is 0.0649. The number of carbonyl (C=O) groups is 2. The van der Waals surface area contributed by atoms with Crippen molar-refractivity contribution in [1.29, 1.82) is 0 Å². The Balaban J connectivity index is 2.17. The van der Waals surface area contributed by atoms with Crippen LogP contribution in [-0.4, -0.2) is 55.6 Å². The molecule has 0 aliphatic carbocycles. The lowest BCUT2D eigenvalue weighted by Crippen LogP contribution is -2.49. The standard InChI is InChI=1S/C26H35Cl2N3O4S/c1-4-6-17-29-26(33)24(5-2)31(19-21-22(27)14-10-15-23(21)28)25(32)16-11-18-30(3)36(34,35)20-12-8-7-9-13-20/h7-10,12-15,24H,4-6,11,16-19H2,1-3H3,(H,29,33)/t24-/m1/s1. The number of amides is 2. The van der Waals surface area contributed by atoms with Crippen LogP contribution in [0.15, 0.2) is 53.4 Å². The van der Waals surface area contributed by atoms with Gasteiger partial charge in [0.15, 0.2) is 0 Å². The fourth-order valence-electron chi connectivity index (χ4n) is 3.77. The number of nitrogens with zero attached hydrogens (tertiary/aromatic N) is 2. The van der Waals surface area contributed by atoms with Gasteiger partial charge in [-0.2, -0.15) is 0 Å². The van der Waals surface area contributed by atoms with Gasteiger partial charge < -0.3 is 10.2 Å². The highest BCUT2D eigenvalue weighted by atomic mass is 35.5. The largest absolute Gasteiger partial charge is 0.354 e. The molecule has 0 aliphatic rings. The van der Waals surface area contributed by atoms with Gasteiger partial charge in [-0.25, -0.2) is 12.7 Å². The molecule has 2 amide bonds. The predicted octanol–water partition coefficient (Wildman–Crippen LogP) is 5.12. The van der Waals surface area contributed by atoms with Crippen molar-refractivity contribution in [3.8, 4) is 0 Å². The summed E-state index contributed by atoms with van der Waals surface area (Å²) in [5, 5.41) is 3.74. The first-order chi connectivity index (χ1) is 17.1. The molecule has 0 saturated heterocycles. The van der Waals surface area contributed by atoms with Crippen molar-refractivity contribution >= 4 is 45.0 Å². The van der Waals surface area contributed by atoms with Crippen LogP contribution in [0.2, 0.25) is 10.0 Å². The summed E-state index contributed by atoms with van der Waals surface area (Å²) in [6, 6.07) is 12.6. The Labute approximate surface area is 224 Å². The van der Waals surface area contributed by atoms with Crippen molar-refractivity contribution < 1.29 is 18.0 Å². The Morgan fingerprint density at radius 3 is 2.19 bits per heavy atom. The molecule has 7 nitrogen and oxygen atoms in total. The van der Waals surface area contributed by atoms with Crippen LogP contribution in [-0.2, 0) is 26.2 Å². The fraction of sp³-hybridized carbons (Fsp3) is 0.462. The molecule has 2 aromatic carbocycles. The molecule has 2 rings (SSSR count). The molecule has 1 N–H and O–H groups in total. The summed E-state index contributed by atoms with van der Waals surface area (Å²) in [6.45, 7) is 4.65. The summed E-state index contributed by atoms with van der Waals surface area (Å²) in [4.78, 5) is 28.1. The van der Waals surface area contributed by atoms with Crippen molar-refractivity contribution in [2.75, 3.05) is 20.1 Å². The summed E-state index contributed by atoms with van der Waals surface area (Å²) in [5.74, 6) is -0.500. The topological polar surface area (TPSA) is 86.8 Å². The second-order valence-electron chi connectivity index (χ2n) is 8.53. The first-order valence-corrected chi connectivity index (χ1v) is 14.3. The molecule has 10 heteroatoms. The Hall–Kier alpha value is -2.13. The van der Waals surface area contributed by atoms with Gasteiger partial charge in [0.25, 0.3) is 0 Å². The average molecular weight is 557 g/mol. The van der Waals surface area contributed by atoms with E-state index in [1.165, 1.54) is 28.4 Å². The normalized spacial score (nSPS) is 12.4. The van der Waals surface area contributed by atoms with Crippen LogP contribution in [0.4, 0.5) is 0 Å². The Morgan fingerprint density at radius 1 is 0.972 bits per heavy atom. The molecule has 1 atom stereocenters. The van der Waals surface area contributed by atoms with Crippen LogP contribution in [0.25, 0.3) is 0 Å². The number of nitrogens with one attached hydrogen (secondary N) is 1. The van der Waals surface area contributed by atoms with Crippen molar-refractivity contribution in [2.45, 2.75) is 63.4 Å². The zero-order chi connectivity index (χ0) is 26.7. The number of rotatable bonds is 14. The van der Waals surface area contributed by atoms with Gasteiger partial charge in [-0.1, -0.05) is 67.7 Å². The van der Waals surface area contributed by atoms with Crippen molar-refractivity contribution in [3.05, 3.63) is 64.1 Å². The van der Waals surface area contributed by atoms with Gasteiger partial charge >= 0.3 is 0 Å². The van der Waals surface area contributed by atoms with Crippen LogP contribution >= 0.6 is 23.2 Å². The lowest BCUT2D eigenvalue weighted by atomic mass is 10.1. The van der Waals surface area contributed by atoms with Crippen LogP contribution in [0, 0.1) is 0 Å². The summed E-state index contributed by atoms with van der Waals surface area (Å²) in [7, 11) is -2.16. The van der Waals surface area contributed by atoms with Gasteiger partial charge in [-0.3, -0.25) is 9.59 Å². The number of unbranched alkanes of at least 4 members (excludes halogenated alkanes) is 1. The van der Waals surface area contributed by atoms with E-state index in [0.29, 0.717) is 35.0 Å². The maximum Gasteiger partial charge on any atom is 0.242 e. The van der Waals surface area contributed by atoms with E-state index in [-0.39, 0.29) is 36.2 Å². The van der Waals surface area contributed by atoms with Gasteiger partial charge in [0, 0.05) is 48.7 Å². The van der Waals surface area contributed by atoms with Gasteiger partial charge in [0.05, 0.1) is 4.90 Å². The molecule has 0 spiro atoms. The van der Waals surface area contributed by atoms with Gasteiger partial charge in [0.2, 0.25) is 21.8 Å². The SMILES string of the molecule is CCCCNC(=O)[C@@H](CC)N(Cc1c(Cl)cccc1Cl)C(=O)CCCN(C)S(=O)(=O)c1ccccc1. The smallest absolute Gasteiger partial charge is 0.242 e. The van der Waals surface area contributed by atoms with E-state index in [0.717, 1.165) is 12.8 Å². The number of hydrogen-bond acceptors (Lipinski definition) is 4. The molecule has 0 aromatic heterocycles. The van der Waals surface area contributed by atoms with Crippen LogP contribution in [0.5, 0.6) is 0 Å². The van der Waals surface area contributed by atoms with E-state index in [4.69, 9.17) is 23.2 Å². The maximum absolute atomic E-state index is 13.4. The molecule has 0 fully saturated rings. The lowest BCUT2D eigenvalue weighted by Gasteiger charge is -2.31. The van der Waals surface area contributed by atoms with Crippen LogP contribution < -0.4 is 5.32 Å². The molecule has 0 heterocycles. The molecule has 0 aliphatic heterocycles. The number of halogens is 2. The summed E-state index contributed by atoms with van der Waals surface area (Å²) < 4.78 is 26.8. The number of hydrogen-bond donors (Lipinski definition) is 1. The van der Waals surface area contributed by atoms with E-state index in [1.54, 1.807) is 36.4 Å². The first-order valence-electron chi connectivity index (χ1n) is 12.1. The van der Waals surface area contributed by atoms with Crippen LogP contribution in [0.1, 0.15) is 51.5 Å². The predicted molar refractivity (Wildman–Crippen MR) is 145 cm³/mol. The van der Waals surface area contributed by atoms with E-state index < -0.39 is 16.1 Å². The fourth-order valence-corrected chi connectivity index (χ4v) is 5.52.